The molecule has 0 spiro atoms. The molecule has 104 valence electrons. The summed E-state index contributed by atoms with van der Waals surface area (Å²) in [6.07, 6.45) is 9.61. The van der Waals surface area contributed by atoms with E-state index in [9.17, 15) is 5.11 Å². The lowest BCUT2D eigenvalue weighted by Gasteiger charge is -2.37. The van der Waals surface area contributed by atoms with Crippen molar-refractivity contribution in [3.8, 4) is 5.75 Å². The molecule has 0 radical (unpaired) electrons. The van der Waals surface area contributed by atoms with E-state index in [1.165, 1.54) is 63.6 Å². The molecule has 1 saturated carbocycles. The predicted octanol–water partition coefficient (Wildman–Crippen LogP) is 3.59. The average molecular weight is 259 g/mol. The van der Waals surface area contributed by atoms with Gasteiger partial charge in [-0.1, -0.05) is 25.0 Å². The molecule has 1 heterocycles. The van der Waals surface area contributed by atoms with Gasteiger partial charge in [0, 0.05) is 12.6 Å². The molecule has 1 aromatic rings. The Morgan fingerprint density at radius 2 is 1.74 bits per heavy atom. The lowest BCUT2D eigenvalue weighted by molar-refractivity contribution is 0.125. The minimum absolute atomic E-state index is 0.375. The van der Waals surface area contributed by atoms with Gasteiger partial charge in [-0.3, -0.25) is 0 Å². The monoisotopic (exact) mass is 259 g/mol. The third-order valence-electron chi connectivity index (χ3n) is 4.85. The summed E-state index contributed by atoms with van der Waals surface area (Å²) in [7, 11) is 0. The molecule has 2 nitrogen and oxygen atoms in total. The van der Waals surface area contributed by atoms with Crippen LogP contribution >= 0.6 is 0 Å². The molecular weight excluding hydrogens is 234 g/mol. The summed E-state index contributed by atoms with van der Waals surface area (Å²) in [5.74, 6) is 1.18. The topological polar surface area (TPSA) is 23.5 Å². The maximum Gasteiger partial charge on any atom is 0.115 e. The van der Waals surface area contributed by atoms with Crippen LogP contribution in [0.3, 0.4) is 0 Å². The van der Waals surface area contributed by atoms with Crippen molar-refractivity contribution in [2.75, 3.05) is 13.1 Å². The molecule has 0 aromatic heterocycles. The largest absolute Gasteiger partial charge is 0.508 e. The molecule has 1 aliphatic carbocycles. The van der Waals surface area contributed by atoms with Crippen LogP contribution in [-0.4, -0.2) is 29.1 Å². The molecule has 1 N–H and O–H groups in total. The molecule has 1 atom stereocenters. The van der Waals surface area contributed by atoms with E-state index in [1.54, 1.807) is 0 Å². The highest BCUT2D eigenvalue weighted by Gasteiger charge is 2.27. The van der Waals surface area contributed by atoms with E-state index in [0.717, 1.165) is 12.0 Å². The molecule has 2 heteroatoms. The van der Waals surface area contributed by atoms with Gasteiger partial charge in [0.1, 0.15) is 5.75 Å². The summed E-state index contributed by atoms with van der Waals surface area (Å²) >= 11 is 0. The second-order valence-corrected chi connectivity index (χ2v) is 6.31. The highest BCUT2D eigenvalue weighted by atomic mass is 16.3. The Labute approximate surface area is 116 Å². The minimum atomic E-state index is 0.375. The fourth-order valence-corrected chi connectivity index (χ4v) is 3.83. The van der Waals surface area contributed by atoms with E-state index in [2.05, 4.69) is 17.0 Å². The lowest BCUT2D eigenvalue weighted by Crippen LogP contribution is -2.42. The van der Waals surface area contributed by atoms with Crippen LogP contribution in [0.15, 0.2) is 24.3 Å². The van der Waals surface area contributed by atoms with Gasteiger partial charge >= 0.3 is 0 Å². The molecule has 2 aliphatic rings. The number of hydrogen-bond donors (Lipinski definition) is 1. The summed E-state index contributed by atoms with van der Waals surface area (Å²) in [5, 5.41) is 9.34. The summed E-state index contributed by atoms with van der Waals surface area (Å²) in [5.41, 5.74) is 1.37. The first-order valence-electron chi connectivity index (χ1n) is 7.83. The summed E-state index contributed by atoms with van der Waals surface area (Å²) in [4.78, 5) is 2.75. The second-order valence-electron chi connectivity index (χ2n) is 6.31. The van der Waals surface area contributed by atoms with Crippen molar-refractivity contribution in [3.05, 3.63) is 29.8 Å². The molecular formula is C17H25NO. The van der Waals surface area contributed by atoms with E-state index >= 15 is 0 Å². The maximum absolute atomic E-state index is 9.34. The van der Waals surface area contributed by atoms with Crippen molar-refractivity contribution in [1.82, 2.24) is 4.90 Å². The Kier molecular flexibility index (Phi) is 4.07. The fraction of sp³-hybridized carbons (Fsp3) is 0.647. The van der Waals surface area contributed by atoms with Crippen LogP contribution in [0, 0.1) is 5.92 Å². The molecule has 1 unspecified atom stereocenters. The first-order valence-corrected chi connectivity index (χ1v) is 7.83. The lowest BCUT2D eigenvalue weighted by atomic mass is 9.90. The molecule has 0 bridgehead atoms. The minimum Gasteiger partial charge on any atom is -0.508 e. The standard InChI is InChI=1S/C17H25NO/c19-17-9-7-14(8-10-17)12-15-4-3-11-18(13-15)16-5-1-2-6-16/h7-10,15-16,19H,1-6,11-13H2. The molecule has 1 saturated heterocycles. The number of phenols is 1. The van der Waals surface area contributed by atoms with Crippen LogP contribution in [0.4, 0.5) is 0 Å². The number of rotatable bonds is 3. The Morgan fingerprint density at radius 3 is 2.47 bits per heavy atom. The van der Waals surface area contributed by atoms with Gasteiger partial charge in [-0.15, -0.1) is 0 Å². The Morgan fingerprint density at radius 1 is 1.00 bits per heavy atom. The van der Waals surface area contributed by atoms with E-state index < -0.39 is 0 Å². The highest BCUT2D eigenvalue weighted by Crippen LogP contribution is 2.29. The number of aromatic hydroxyl groups is 1. The quantitative estimate of drug-likeness (QED) is 0.896. The van der Waals surface area contributed by atoms with Crippen molar-refractivity contribution in [3.63, 3.8) is 0 Å². The van der Waals surface area contributed by atoms with Gasteiger partial charge in [0.25, 0.3) is 0 Å². The van der Waals surface area contributed by atoms with E-state index in [1.807, 2.05) is 12.1 Å². The maximum atomic E-state index is 9.34. The number of nitrogens with zero attached hydrogens (tertiary/aromatic N) is 1. The molecule has 1 aromatic carbocycles. The van der Waals surface area contributed by atoms with E-state index in [-0.39, 0.29) is 0 Å². The molecule has 3 rings (SSSR count). The third kappa shape index (κ3) is 3.30. The molecule has 19 heavy (non-hydrogen) atoms. The van der Waals surface area contributed by atoms with E-state index in [4.69, 9.17) is 0 Å². The molecule has 1 aliphatic heterocycles. The number of phenolic OH excluding ortho intramolecular Hbond substituents is 1. The zero-order valence-electron chi connectivity index (χ0n) is 11.7. The Bertz CT molecular complexity index is 394. The van der Waals surface area contributed by atoms with Crippen LogP contribution < -0.4 is 0 Å². The smallest absolute Gasteiger partial charge is 0.115 e. The van der Waals surface area contributed by atoms with Crippen LogP contribution in [0.5, 0.6) is 5.75 Å². The fourth-order valence-electron chi connectivity index (χ4n) is 3.83. The van der Waals surface area contributed by atoms with Crippen LogP contribution in [0.1, 0.15) is 44.1 Å². The first-order chi connectivity index (χ1) is 9.31. The Hall–Kier alpha value is -1.02. The van der Waals surface area contributed by atoms with Crippen LogP contribution in [0.25, 0.3) is 0 Å². The SMILES string of the molecule is Oc1ccc(CC2CCCN(C3CCCC3)C2)cc1. The van der Waals surface area contributed by atoms with Crippen LogP contribution in [-0.2, 0) is 6.42 Å². The summed E-state index contributed by atoms with van der Waals surface area (Å²) in [6.45, 7) is 2.60. The van der Waals surface area contributed by atoms with Crippen molar-refractivity contribution in [2.24, 2.45) is 5.92 Å². The van der Waals surface area contributed by atoms with Gasteiger partial charge < -0.3 is 10.0 Å². The Balaban J connectivity index is 1.57. The van der Waals surface area contributed by atoms with Crippen molar-refractivity contribution >= 4 is 0 Å². The van der Waals surface area contributed by atoms with Gasteiger partial charge in [-0.2, -0.15) is 0 Å². The second kappa shape index (κ2) is 5.96. The third-order valence-corrected chi connectivity index (χ3v) is 4.85. The van der Waals surface area contributed by atoms with Crippen LogP contribution in [0.2, 0.25) is 0 Å². The number of hydrogen-bond acceptors (Lipinski definition) is 2. The first kappa shape index (κ1) is 13.0. The van der Waals surface area contributed by atoms with Gasteiger partial charge in [0.15, 0.2) is 0 Å². The van der Waals surface area contributed by atoms with Gasteiger partial charge in [-0.05, 0) is 62.3 Å². The average Bonchev–Trinajstić information content (AvgIpc) is 2.96. The van der Waals surface area contributed by atoms with Gasteiger partial charge in [0.2, 0.25) is 0 Å². The number of likely N-dealkylation sites (tertiary alicyclic amines) is 1. The zero-order chi connectivity index (χ0) is 13.1. The van der Waals surface area contributed by atoms with Crippen molar-refractivity contribution in [2.45, 2.75) is 51.0 Å². The normalized spacial score (nSPS) is 25.8. The van der Waals surface area contributed by atoms with Crippen molar-refractivity contribution < 1.29 is 5.11 Å². The zero-order valence-corrected chi connectivity index (χ0v) is 11.7. The number of benzene rings is 1. The summed E-state index contributed by atoms with van der Waals surface area (Å²) < 4.78 is 0. The molecule has 2 fully saturated rings. The molecule has 0 amide bonds. The predicted molar refractivity (Wildman–Crippen MR) is 78.4 cm³/mol. The highest BCUT2D eigenvalue weighted by molar-refractivity contribution is 5.26. The van der Waals surface area contributed by atoms with Gasteiger partial charge in [-0.25, -0.2) is 0 Å². The van der Waals surface area contributed by atoms with Gasteiger partial charge in [0.05, 0.1) is 0 Å². The number of piperidine rings is 1. The summed E-state index contributed by atoms with van der Waals surface area (Å²) in [6, 6.07) is 8.65. The van der Waals surface area contributed by atoms with Crippen molar-refractivity contribution in [1.29, 1.82) is 0 Å². The van der Waals surface area contributed by atoms with E-state index in [0.29, 0.717) is 5.75 Å².